The number of nitrogens with one attached hydrogen (secondary N) is 2. The van der Waals surface area contributed by atoms with Crippen molar-refractivity contribution in [2.24, 2.45) is 11.8 Å². The van der Waals surface area contributed by atoms with Crippen LogP contribution in [0.25, 0.3) is 0 Å². The molecule has 2 heterocycles. The lowest BCUT2D eigenvalue weighted by atomic mass is 9.86. The smallest absolute Gasteiger partial charge is 0.328 e. The van der Waals surface area contributed by atoms with Crippen LogP contribution in [0.3, 0.4) is 0 Å². The van der Waals surface area contributed by atoms with Gasteiger partial charge in [0, 0.05) is 42.4 Å². The number of aryl methyl sites for hydroxylation is 1. The summed E-state index contributed by atoms with van der Waals surface area (Å²) < 4.78 is 18.0. The Morgan fingerprint density at radius 1 is 1.15 bits per heavy atom. The molecule has 4 N–H and O–H groups in total. The number of rotatable bonds is 5. The number of anilines is 1. The number of carbonyl (C=O) groups excluding carboxylic acids is 3. The van der Waals surface area contributed by atoms with Crippen molar-refractivity contribution in [3.63, 3.8) is 0 Å². The first kappa shape index (κ1) is 33.7. The number of aliphatic hydroxyl groups is 1. The first-order valence-electron chi connectivity index (χ1n) is 16.7. The molecule has 250 valence electrons. The molecule has 2 aliphatic heterocycles. The van der Waals surface area contributed by atoms with E-state index in [2.05, 4.69) is 10.6 Å². The number of phenols is 1. The van der Waals surface area contributed by atoms with Crippen LogP contribution < -0.4 is 15.4 Å². The van der Waals surface area contributed by atoms with Crippen molar-refractivity contribution in [2.45, 2.75) is 115 Å². The molecule has 1 fully saturated rings. The molecule has 6 bridgehead atoms. The topological polar surface area (TPSA) is 143 Å². The maximum Gasteiger partial charge on any atom is 0.328 e. The summed E-state index contributed by atoms with van der Waals surface area (Å²) in [5, 5.41) is 28.4. The van der Waals surface area contributed by atoms with Crippen LogP contribution in [0.5, 0.6) is 11.5 Å². The Kier molecular flexibility index (Phi) is 10.9. The lowest BCUT2D eigenvalue weighted by molar-refractivity contribution is -0.156. The van der Waals surface area contributed by atoms with E-state index in [1.165, 1.54) is 0 Å². The SMILES string of the molecule is CO[C@@H]1CC(=O)Nc2c(O)c3cc4c2[C@H](C=C/C=C\C[C@H](OC(=O)[C@@H](C)NC(=O)C2CCCCC2)[C@H](C)[C@@H](O)/C(C)=C\CC3)[C@H]1O4. The summed E-state index contributed by atoms with van der Waals surface area (Å²) in [4.78, 5) is 38.8. The van der Waals surface area contributed by atoms with Crippen LogP contribution in [0.1, 0.15) is 89.2 Å². The molecule has 7 atom stereocenters. The summed E-state index contributed by atoms with van der Waals surface area (Å²) >= 11 is 0. The normalized spacial score (nSPS) is 31.0. The van der Waals surface area contributed by atoms with Crippen molar-refractivity contribution >= 4 is 23.5 Å². The van der Waals surface area contributed by atoms with Gasteiger partial charge in [-0.3, -0.25) is 9.59 Å². The zero-order chi connectivity index (χ0) is 33.0. The minimum Gasteiger partial charge on any atom is -0.505 e. The number of aromatic hydroxyl groups is 1. The number of phenolic OH excluding ortho intramolecular Hbond substituents is 1. The summed E-state index contributed by atoms with van der Waals surface area (Å²) in [5.74, 6) is -1.08. The van der Waals surface area contributed by atoms with Crippen LogP contribution >= 0.6 is 0 Å². The number of hydrogen-bond acceptors (Lipinski definition) is 8. The molecule has 46 heavy (non-hydrogen) atoms. The quantitative estimate of drug-likeness (QED) is 0.201. The highest BCUT2D eigenvalue weighted by Gasteiger charge is 2.44. The van der Waals surface area contributed by atoms with E-state index in [0.717, 1.165) is 32.1 Å². The van der Waals surface area contributed by atoms with Gasteiger partial charge in [0.1, 0.15) is 35.9 Å². The molecule has 10 nitrogen and oxygen atoms in total. The molecule has 0 aromatic heterocycles. The average molecular weight is 637 g/mol. The van der Waals surface area contributed by atoms with Gasteiger partial charge in [-0.1, -0.05) is 56.6 Å². The number of hydrogen-bond donors (Lipinski definition) is 4. The lowest BCUT2D eigenvalue weighted by Crippen LogP contribution is -2.45. The number of aliphatic hydroxyl groups excluding tert-OH is 1. The van der Waals surface area contributed by atoms with Crippen LogP contribution in [0, 0.1) is 11.8 Å². The number of benzene rings is 1. The van der Waals surface area contributed by atoms with Gasteiger partial charge in [0.15, 0.2) is 0 Å². The molecule has 1 aromatic carbocycles. The third-order valence-electron chi connectivity index (χ3n) is 9.97. The molecule has 1 saturated carbocycles. The molecule has 2 amide bonds. The van der Waals surface area contributed by atoms with E-state index in [9.17, 15) is 24.6 Å². The van der Waals surface area contributed by atoms with E-state index in [0.29, 0.717) is 47.4 Å². The van der Waals surface area contributed by atoms with E-state index in [1.54, 1.807) is 14.0 Å². The Balaban J connectivity index is 1.40. The lowest BCUT2D eigenvalue weighted by Gasteiger charge is -2.29. The molecule has 5 aliphatic rings. The second-order valence-electron chi connectivity index (χ2n) is 13.2. The monoisotopic (exact) mass is 636 g/mol. The zero-order valence-corrected chi connectivity index (χ0v) is 27.3. The molecule has 0 radical (unpaired) electrons. The molecule has 3 aliphatic carbocycles. The molecular weight excluding hydrogens is 588 g/mol. The minimum absolute atomic E-state index is 0.0159. The van der Waals surface area contributed by atoms with Crippen molar-refractivity contribution in [2.75, 3.05) is 12.4 Å². The van der Waals surface area contributed by atoms with Gasteiger partial charge < -0.3 is 35.1 Å². The molecular formula is C36H48N2O8. The van der Waals surface area contributed by atoms with Gasteiger partial charge in [0.25, 0.3) is 0 Å². The number of fused-ring (bicyclic) bond motifs is 8. The van der Waals surface area contributed by atoms with Crippen LogP contribution in [-0.4, -0.2) is 65.6 Å². The first-order chi connectivity index (χ1) is 22.1. The highest BCUT2D eigenvalue weighted by atomic mass is 16.5. The van der Waals surface area contributed by atoms with Crippen LogP contribution in [0.2, 0.25) is 0 Å². The number of amides is 2. The Morgan fingerprint density at radius 3 is 2.65 bits per heavy atom. The maximum absolute atomic E-state index is 13.2. The fourth-order valence-electron chi connectivity index (χ4n) is 7.11. The van der Waals surface area contributed by atoms with Crippen molar-refractivity contribution in [1.82, 2.24) is 5.32 Å². The standard InChI is InChI=1S/C36H48N2O8/c1-20-12-11-15-24-18-27-30-25(34(45-27)28(44-4)19-29(39)38-31(30)33(24)41)16-9-6-10-17-26(21(2)32(20)40)46-36(43)22(3)37-35(42)23-13-7-5-8-14-23/h6,9-10,12,16,18,21-23,25-26,28,32,34,40-41H,5,7-8,11,13-15,17,19H2,1-4H3,(H,37,42)(H,38,39)/b10-6-,16-9?,20-12-/t21-,22+,25-,26-,28+,32-,34+/m0/s1. The largest absolute Gasteiger partial charge is 0.505 e. The molecule has 6 rings (SSSR count). The van der Waals surface area contributed by atoms with Gasteiger partial charge in [0.2, 0.25) is 11.8 Å². The van der Waals surface area contributed by atoms with Crippen LogP contribution in [0.15, 0.2) is 42.0 Å². The number of esters is 1. The summed E-state index contributed by atoms with van der Waals surface area (Å²) in [5.41, 5.74) is 2.41. The highest BCUT2D eigenvalue weighted by Crippen LogP contribution is 2.51. The average Bonchev–Trinajstić information content (AvgIpc) is 3.42. The van der Waals surface area contributed by atoms with Gasteiger partial charge in [-0.05, 0) is 51.2 Å². The predicted octanol–water partition coefficient (Wildman–Crippen LogP) is 4.98. The molecule has 1 aromatic rings. The van der Waals surface area contributed by atoms with Crippen molar-refractivity contribution in [3.05, 3.63) is 53.1 Å². The second-order valence-corrected chi connectivity index (χ2v) is 13.2. The maximum atomic E-state index is 13.2. The summed E-state index contributed by atoms with van der Waals surface area (Å²) in [7, 11) is 1.56. The Bertz CT molecular complexity index is 1390. The minimum atomic E-state index is -0.890. The zero-order valence-electron chi connectivity index (χ0n) is 27.3. The van der Waals surface area contributed by atoms with Crippen LogP contribution in [-0.2, 0) is 30.3 Å². The third kappa shape index (κ3) is 7.33. The van der Waals surface area contributed by atoms with E-state index in [4.69, 9.17) is 14.2 Å². The fraction of sp³-hybridized carbons (Fsp3) is 0.583. The molecule has 0 spiro atoms. The summed E-state index contributed by atoms with van der Waals surface area (Å²) in [6.45, 7) is 5.33. The molecule has 0 saturated heterocycles. The Labute approximate surface area is 271 Å². The first-order valence-corrected chi connectivity index (χ1v) is 16.7. The van der Waals surface area contributed by atoms with E-state index < -0.39 is 42.3 Å². The summed E-state index contributed by atoms with van der Waals surface area (Å²) in [6.07, 6.45) is 13.2. The molecule has 10 heteroatoms. The highest BCUT2D eigenvalue weighted by molar-refractivity contribution is 5.95. The van der Waals surface area contributed by atoms with Gasteiger partial charge in [-0.25, -0.2) is 4.79 Å². The fourth-order valence-corrected chi connectivity index (χ4v) is 7.11. The summed E-state index contributed by atoms with van der Waals surface area (Å²) in [6, 6.07) is 1.02. The number of methoxy groups -OCH3 is 1. The Morgan fingerprint density at radius 2 is 1.91 bits per heavy atom. The number of carbonyl (C=O) groups is 3. The van der Waals surface area contributed by atoms with Gasteiger partial charge in [0.05, 0.1) is 18.2 Å². The Hall–Kier alpha value is -3.63. The van der Waals surface area contributed by atoms with Crippen LogP contribution in [0.4, 0.5) is 5.69 Å². The number of allylic oxidation sites excluding steroid dienone is 3. The van der Waals surface area contributed by atoms with E-state index in [1.807, 2.05) is 50.3 Å². The predicted molar refractivity (Wildman–Crippen MR) is 174 cm³/mol. The van der Waals surface area contributed by atoms with Crippen molar-refractivity contribution < 1.29 is 38.8 Å². The molecule has 0 unspecified atom stereocenters. The third-order valence-corrected chi connectivity index (χ3v) is 9.97. The van der Waals surface area contributed by atoms with E-state index in [-0.39, 0.29) is 35.8 Å². The van der Waals surface area contributed by atoms with Crippen molar-refractivity contribution in [3.8, 4) is 11.5 Å². The number of ether oxygens (including phenoxy) is 3. The van der Waals surface area contributed by atoms with Gasteiger partial charge in [-0.2, -0.15) is 0 Å². The van der Waals surface area contributed by atoms with Gasteiger partial charge >= 0.3 is 5.97 Å². The van der Waals surface area contributed by atoms with Crippen molar-refractivity contribution in [1.29, 1.82) is 0 Å². The van der Waals surface area contributed by atoms with E-state index >= 15 is 0 Å². The second kappa shape index (κ2) is 14.9. The van der Waals surface area contributed by atoms with Gasteiger partial charge in [-0.15, -0.1) is 0 Å².